The Hall–Kier alpha value is -2.04. The molecule has 0 radical (unpaired) electrons. The maximum atomic E-state index is 12.9. The standard InChI is InChI=1S/C21H24FNO2/c22-20-8-6-19(7-9-20)21(24)14-23-12-10-18(11-13-23)16-25-15-17-4-2-1-3-5-17/h1-9,18H,10-16H2. The average molecular weight is 341 g/mol. The molecular weight excluding hydrogens is 317 g/mol. The fraction of sp³-hybridized carbons (Fsp3) is 0.381. The van der Waals surface area contributed by atoms with Gasteiger partial charge in [-0.05, 0) is 61.7 Å². The molecule has 25 heavy (non-hydrogen) atoms. The van der Waals surface area contributed by atoms with Crippen LogP contribution in [0, 0.1) is 11.7 Å². The van der Waals surface area contributed by atoms with Crippen molar-refractivity contribution in [1.29, 1.82) is 0 Å². The number of Topliss-reactive ketones (excluding diaryl/α,β-unsaturated/α-hetero) is 1. The lowest BCUT2D eigenvalue weighted by molar-refractivity contribution is 0.0559. The van der Waals surface area contributed by atoms with Crippen LogP contribution in [0.15, 0.2) is 54.6 Å². The lowest BCUT2D eigenvalue weighted by Gasteiger charge is -2.31. The molecule has 0 spiro atoms. The molecule has 2 aromatic rings. The first-order valence-corrected chi connectivity index (χ1v) is 8.83. The Bertz CT molecular complexity index is 664. The minimum atomic E-state index is -0.312. The lowest BCUT2D eigenvalue weighted by atomic mass is 9.97. The smallest absolute Gasteiger partial charge is 0.176 e. The van der Waals surface area contributed by atoms with Gasteiger partial charge in [-0.15, -0.1) is 0 Å². The van der Waals surface area contributed by atoms with Gasteiger partial charge in [0.25, 0.3) is 0 Å². The number of ketones is 1. The third-order valence-electron chi connectivity index (χ3n) is 4.71. The zero-order valence-electron chi connectivity index (χ0n) is 14.4. The molecule has 1 saturated heterocycles. The van der Waals surface area contributed by atoms with Gasteiger partial charge in [-0.3, -0.25) is 9.69 Å². The maximum Gasteiger partial charge on any atom is 0.176 e. The number of ether oxygens (including phenoxy) is 1. The van der Waals surface area contributed by atoms with E-state index in [0.717, 1.165) is 32.5 Å². The summed E-state index contributed by atoms with van der Waals surface area (Å²) in [7, 11) is 0. The zero-order chi connectivity index (χ0) is 17.5. The largest absolute Gasteiger partial charge is 0.376 e. The van der Waals surface area contributed by atoms with Crippen LogP contribution in [0.5, 0.6) is 0 Å². The monoisotopic (exact) mass is 341 g/mol. The van der Waals surface area contributed by atoms with E-state index in [9.17, 15) is 9.18 Å². The third-order valence-corrected chi connectivity index (χ3v) is 4.71. The predicted octanol–water partition coefficient (Wildman–Crippen LogP) is 3.94. The van der Waals surface area contributed by atoms with E-state index in [1.807, 2.05) is 18.2 Å². The first kappa shape index (κ1) is 17.8. The summed E-state index contributed by atoms with van der Waals surface area (Å²) < 4.78 is 18.8. The van der Waals surface area contributed by atoms with Crippen LogP contribution in [-0.4, -0.2) is 36.9 Å². The number of rotatable bonds is 7. The van der Waals surface area contributed by atoms with Crippen molar-refractivity contribution in [3.63, 3.8) is 0 Å². The molecule has 0 saturated carbocycles. The summed E-state index contributed by atoms with van der Waals surface area (Å²) in [6.45, 7) is 3.65. The highest BCUT2D eigenvalue weighted by atomic mass is 19.1. The molecule has 3 nitrogen and oxygen atoms in total. The fourth-order valence-electron chi connectivity index (χ4n) is 3.16. The molecule has 0 N–H and O–H groups in total. The topological polar surface area (TPSA) is 29.5 Å². The Kier molecular flexibility index (Phi) is 6.31. The number of halogens is 1. The number of hydrogen-bond acceptors (Lipinski definition) is 3. The molecule has 1 aliphatic heterocycles. The van der Waals surface area contributed by atoms with Crippen LogP contribution in [0.25, 0.3) is 0 Å². The average Bonchev–Trinajstić information content (AvgIpc) is 2.64. The molecule has 1 fully saturated rings. The summed E-state index contributed by atoms with van der Waals surface area (Å²) in [5.41, 5.74) is 1.78. The van der Waals surface area contributed by atoms with Gasteiger partial charge in [0.05, 0.1) is 13.2 Å². The second-order valence-electron chi connectivity index (χ2n) is 6.65. The molecule has 1 heterocycles. The van der Waals surface area contributed by atoms with Crippen LogP contribution in [0.3, 0.4) is 0 Å². The molecule has 3 rings (SSSR count). The van der Waals surface area contributed by atoms with Gasteiger partial charge in [-0.1, -0.05) is 30.3 Å². The molecule has 2 aromatic carbocycles. The summed E-state index contributed by atoms with van der Waals surface area (Å²) in [4.78, 5) is 14.4. The van der Waals surface area contributed by atoms with E-state index in [1.54, 1.807) is 12.1 Å². The van der Waals surface area contributed by atoms with E-state index < -0.39 is 0 Å². The summed E-state index contributed by atoms with van der Waals surface area (Å²) in [6, 6.07) is 16.0. The number of hydrogen-bond donors (Lipinski definition) is 0. The molecule has 1 aliphatic rings. The van der Waals surface area contributed by atoms with Crippen LogP contribution >= 0.6 is 0 Å². The summed E-state index contributed by atoms with van der Waals surface area (Å²) in [5, 5.41) is 0. The molecule has 4 heteroatoms. The van der Waals surface area contributed by atoms with Gasteiger partial charge >= 0.3 is 0 Å². The van der Waals surface area contributed by atoms with E-state index in [4.69, 9.17) is 4.74 Å². The highest BCUT2D eigenvalue weighted by Gasteiger charge is 2.21. The third kappa shape index (κ3) is 5.48. The normalized spacial score (nSPS) is 16.0. The van der Waals surface area contributed by atoms with Gasteiger partial charge < -0.3 is 4.74 Å². The second-order valence-corrected chi connectivity index (χ2v) is 6.65. The number of nitrogens with zero attached hydrogens (tertiary/aromatic N) is 1. The number of carbonyl (C=O) groups excluding carboxylic acids is 1. The number of carbonyl (C=O) groups is 1. The van der Waals surface area contributed by atoms with Crippen LogP contribution in [-0.2, 0) is 11.3 Å². The number of benzene rings is 2. The van der Waals surface area contributed by atoms with E-state index in [0.29, 0.717) is 24.6 Å². The van der Waals surface area contributed by atoms with Gasteiger partial charge in [0.1, 0.15) is 5.82 Å². The van der Waals surface area contributed by atoms with Crippen LogP contribution in [0.2, 0.25) is 0 Å². The minimum Gasteiger partial charge on any atom is -0.376 e. The summed E-state index contributed by atoms with van der Waals surface area (Å²) >= 11 is 0. The Morgan fingerprint density at radius 2 is 1.72 bits per heavy atom. The van der Waals surface area contributed by atoms with Crippen molar-refractivity contribution in [2.45, 2.75) is 19.4 Å². The first-order valence-electron chi connectivity index (χ1n) is 8.83. The van der Waals surface area contributed by atoms with E-state index in [-0.39, 0.29) is 11.6 Å². The van der Waals surface area contributed by atoms with Crippen LogP contribution < -0.4 is 0 Å². The SMILES string of the molecule is O=C(CN1CCC(COCc2ccccc2)CC1)c1ccc(F)cc1. The van der Waals surface area contributed by atoms with Gasteiger partial charge in [-0.2, -0.15) is 0 Å². The first-order chi connectivity index (χ1) is 12.2. The Labute approximate surface area is 148 Å². The molecule has 0 atom stereocenters. The molecule has 0 aromatic heterocycles. The minimum absolute atomic E-state index is 0.0544. The molecule has 0 aliphatic carbocycles. The fourth-order valence-corrected chi connectivity index (χ4v) is 3.16. The van der Waals surface area contributed by atoms with Crippen molar-refractivity contribution in [2.75, 3.05) is 26.2 Å². The quantitative estimate of drug-likeness (QED) is 0.715. The van der Waals surface area contributed by atoms with Crippen molar-refractivity contribution >= 4 is 5.78 Å². The number of likely N-dealkylation sites (tertiary alicyclic amines) is 1. The summed E-state index contributed by atoms with van der Waals surface area (Å²) in [5.74, 6) is 0.299. The predicted molar refractivity (Wildman–Crippen MR) is 96.0 cm³/mol. The highest BCUT2D eigenvalue weighted by Crippen LogP contribution is 2.18. The Morgan fingerprint density at radius 3 is 2.40 bits per heavy atom. The van der Waals surface area contributed by atoms with Crippen LogP contribution in [0.1, 0.15) is 28.8 Å². The van der Waals surface area contributed by atoms with Gasteiger partial charge in [0.2, 0.25) is 0 Å². The maximum absolute atomic E-state index is 12.9. The van der Waals surface area contributed by atoms with Crippen molar-refractivity contribution in [3.05, 3.63) is 71.5 Å². The van der Waals surface area contributed by atoms with Crippen LogP contribution in [0.4, 0.5) is 4.39 Å². The summed E-state index contributed by atoms with van der Waals surface area (Å²) in [6.07, 6.45) is 2.09. The van der Waals surface area contributed by atoms with E-state index in [2.05, 4.69) is 17.0 Å². The highest BCUT2D eigenvalue weighted by molar-refractivity contribution is 5.97. The van der Waals surface area contributed by atoms with E-state index in [1.165, 1.54) is 17.7 Å². The van der Waals surface area contributed by atoms with Crippen molar-refractivity contribution in [2.24, 2.45) is 5.92 Å². The van der Waals surface area contributed by atoms with Gasteiger partial charge in [0.15, 0.2) is 5.78 Å². The molecular formula is C21H24FNO2. The van der Waals surface area contributed by atoms with Gasteiger partial charge in [-0.25, -0.2) is 4.39 Å². The Balaban J connectivity index is 1.37. The second kappa shape index (κ2) is 8.88. The molecule has 0 unspecified atom stereocenters. The lowest BCUT2D eigenvalue weighted by Crippen LogP contribution is -2.38. The van der Waals surface area contributed by atoms with Gasteiger partial charge in [0, 0.05) is 12.2 Å². The van der Waals surface area contributed by atoms with Crippen molar-refractivity contribution < 1.29 is 13.9 Å². The van der Waals surface area contributed by atoms with Crippen molar-refractivity contribution in [1.82, 2.24) is 4.90 Å². The van der Waals surface area contributed by atoms with Crippen molar-refractivity contribution in [3.8, 4) is 0 Å². The Morgan fingerprint density at radius 1 is 1.04 bits per heavy atom. The molecule has 0 bridgehead atoms. The molecule has 132 valence electrons. The molecule has 0 amide bonds. The van der Waals surface area contributed by atoms with E-state index >= 15 is 0 Å². The number of piperidine rings is 1. The zero-order valence-corrected chi connectivity index (χ0v) is 14.4.